The van der Waals surface area contributed by atoms with Gasteiger partial charge in [0.2, 0.25) is 0 Å². The molecule has 2 aromatic rings. The SMILES string of the molecule is CC[C@H](C)[C@@H](C(=O)OCC(=O)Nc1ccc(F)cc1)c1ccccc1. The number of ether oxygens (including phenoxy) is 1. The summed E-state index contributed by atoms with van der Waals surface area (Å²) < 4.78 is 18.1. The Morgan fingerprint density at radius 2 is 1.72 bits per heavy atom. The van der Waals surface area contributed by atoms with Crippen molar-refractivity contribution < 1.29 is 18.7 Å². The summed E-state index contributed by atoms with van der Waals surface area (Å²) in [6.45, 7) is 3.61. The largest absolute Gasteiger partial charge is 0.455 e. The summed E-state index contributed by atoms with van der Waals surface area (Å²) in [7, 11) is 0. The highest BCUT2D eigenvalue weighted by atomic mass is 19.1. The van der Waals surface area contributed by atoms with Gasteiger partial charge in [0.25, 0.3) is 5.91 Å². The van der Waals surface area contributed by atoms with E-state index in [9.17, 15) is 14.0 Å². The van der Waals surface area contributed by atoms with Crippen LogP contribution in [0.4, 0.5) is 10.1 Å². The molecule has 5 heteroatoms. The quantitative estimate of drug-likeness (QED) is 0.769. The molecule has 1 amide bonds. The zero-order chi connectivity index (χ0) is 18.2. The van der Waals surface area contributed by atoms with Crippen molar-refractivity contribution in [1.29, 1.82) is 0 Å². The molecule has 0 saturated carbocycles. The van der Waals surface area contributed by atoms with Crippen LogP contribution in [0.15, 0.2) is 54.6 Å². The highest BCUT2D eigenvalue weighted by Crippen LogP contribution is 2.28. The van der Waals surface area contributed by atoms with E-state index in [4.69, 9.17) is 4.74 Å². The maximum absolute atomic E-state index is 12.9. The molecular weight excluding hydrogens is 321 g/mol. The molecule has 2 atom stereocenters. The summed E-state index contributed by atoms with van der Waals surface area (Å²) in [5.41, 5.74) is 1.32. The van der Waals surface area contributed by atoms with Crippen LogP contribution in [-0.4, -0.2) is 18.5 Å². The van der Waals surface area contributed by atoms with Crippen molar-refractivity contribution in [3.05, 3.63) is 66.0 Å². The molecule has 2 rings (SSSR count). The molecule has 0 heterocycles. The number of anilines is 1. The molecule has 0 aromatic heterocycles. The fourth-order valence-corrected chi connectivity index (χ4v) is 2.55. The number of hydrogen-bond acceptors (Lipinski definition) is 3. The third-order valence-electron chi connectivity index (χ3n) is 4.10. The minimum atomic E-state index is -0.462. The number of carbonyl (C=O) groups is 2. The lowest BCUT2D eigenvalue weighted by Crippen LogP contribution is -2.26. The number of rotatable bonds is 7. The minimum Gasteiger partial charge on any atom is -0.455 e. The monoisotopic (exact) mass is 343 g/mol. The molecular formula is C20H22FNO3. The summed E-state index contributed by atoms with van der Waals surface area (Å²) in [5, 5.41) is 2.56. The van der Waals surface area contributed by atoms with Crippen LogP contribution in [0.1, 0.15) is 31.7 Å². The first-order chi connectivity index (χ1) is 12.0. The van der Waals surface area contributed by atoms with Gasteiger partial charge in [-0.2, -0.15) is 0 Å². The molecule has 25 heavy (non-hydrogen) atoms. The Morgan fingerprint density at radius 3 is 2.32 bits per heavy atom. The normalized spacial score (nSPS) is 12.9. The van der Waals surface area contributed by atoms with Crippen LogP contribution in [-0.2, 0) is 14.3 Å². The second-order valence-electron chi connectivity index (χ2n) is 5.94. The van der Waals surface area contributed by atoms with Gasteiger partial charge in [-0.1, -0.05) is 50.6 Å². The molecule has 0 radical (unpaired) electrons. The van der Waals surface area contributed by atoms with Gasteiger partial charge in [0.15, 0.2) is 6.61 Å². The topological polar surface area (TPSA) is 55.4 Å². The van der Waals surface area contributed by atoms with E-state index in [0.29, 0.717) is 5.69 Å². The fourth-order valence-electron chi connectivity index (χ4n) is 2.55. The van der Waals surface area contributed by atoms with Gasteiger partial charge >= 0.3 is 5.97 Å². The number of carbonyl (C=O) groups excluding carboxylic acids is 2. The van der Waals surface area contributed by atoms with Gasteiger partial charge in [-0.05, 0) is 35.7 Å². The van der Waals surface area contributed by atoms with Crippen molar-refractivity contribution in [3.8, 4) is 0 Å². The van der Waals surface area contributed by atoms with Crippen molar-refractivity contribution in [3.63, 3.8) is 0 Å². The average Bonchev–Trinajstić information content (AvgIpc) is 2.63. The first-order valence-corrected chi connectivity index (χ1v) is 8.28. The summed E-state index contributed by atoms with van der Waals surface area (Å²) >= 11 is 0. The lowest BCUT2D eigenvalue weighted by Gasteiger charge is -2.21. The van der Waals surface area contributed by atoms with E-state index >= 15 is 0 Å². The first-order valence-electron chi connectivity index (χ1n) is 8.28. The maximum atomic E-state index is 12.9. The van der Waals surface area contributed by atoms with E-state index in [-0.39, 0.29) is 18.3 Å². The summed E-state index contributed by atoms with van der Waals surface area (Å²) in [4.78, 5) is 24.4. The molecule has 0 spiro atoms. The van der Waals surface area contributed by atoms with Crippen LogP contribution in [0.25, 0.3) is 0 Å². The molecule has 2 aromatic carbocycles. The van der Waals surface area contributed by atoms with Crippen LogP contribution in [0, 0.1) is 11.7 Å². The standard InChI is InChI=1S/C20H22FNO3/c1-3-14(2)19(15-7-5-4-6-8-15)20(24)25-13-18(23)22-17-11-9-16(21)10-12-17/h4-12,14,19H,3,13H2,1-2H3,(H,22,23)/t14-,19+/m0/s1. The Morgan fingerprint density at radius 1 is 1.08 bits per heavy atom. The second-order valence-corrected chi connectivity index (χ2v) is 5.94. The Hall–Kier alpha value is -2.69. The maximum Gasteiger partial charge on any atom is 0.314 e. The van der Waals surface area contributed by atoms with Crippen molar-refractivity contribution >= 4 is 17.6 Å². The predicted octanol–water partition coefficient (Wildman–Crippen LogP) is 4.14. The van der Waals surface area contributed by atoms with E-state index in [1.165, 1.54) is 24.3 Å². The predicted molar refractivity (Wildman–Crippen MR) is 94.6 cm³/mol. The second kappa shape index (κ2) is 8.97. The number of esters is 1. The lowest BCUT2D eigenvalue weighted by molar-refractivity contribution is -0.150. The number of benzene rings is 2. The Bertz CT molecular complexity index is 701. The van der Waals surface area contributed by atoms with E-state index < -0.39 is 17.8 Å². The highest BCUT2D eigenvalue weighted by molar-refractivity contribution is 5.93. The van der Waals surface area contributed by atoms with Gasteiger partial charge in [0, 0.05) is 5.69 Å². The van der Waals surface area contributed by atoms with Crippen LogP contribution in [0.5, 0.6) is 0 Å². The average molecular weight is 343 g/mol. The zero-order valence-corrected chi connectivity index (χ0v) is 14.4. The number of hydrogen-bond donors (Lipinski definition) is 1. The van der Waals surface area contributed by atoms with E-state index in [2.05, 4.69) is 5.32 Å². The van der Waals surface area contributed by atoms with Gasteiger partial charge in [0.1, 0.15) is 5.82 Å². The third-order valence-corrected chi connectivity index (χ3v) is 4.10. The van der Waals surface area contributed by atoms with Crippen LogP contribution >= 0.6 is 0 Å². The molecule has 0 aliphatic carbocycles. The van der Waals surface area contributed by atoms with Gasteiger partial charge in [-0.15, -0.1) is 0 Å². The van der Waals surface area contributed by atoms with Crippen LogP contribution < -0.4 is 5.32 Å². The van der Waals surface area contributed by atoms with Crippen LogP contribution in [0.3, 0.4) is 0 Å². The summed E-state index contributed by atoms with van der Waals surface area (Å²) in [6, 6.07) is 14.8. The Kier molecular flexibility index (Phi) is 6.69. The van der Waals surface area contributed by atoms with E-state index in [1.54, 1.807) is 0 Å². The summed E-state index contributed by atoms with van der Waals surface area (Å²) in [5.74, 6) is -1.59. The number of nitrogens with one attached hydrogen (secondary N) is 1. The lowest BCUT2D eigenvalue weighted by atomic mass is 9.86. The van der Waals surface area contributed by atoms with Crippen LogP contribution in [0.2, 0.25) is 0 Å². The third kappa shape index (κ3) is 5.41. The molecule has 0 saturated heterocycles. The molecule has 0 aliphatic heterocycles. The van der Waals surface area contributed by atoms with Gasteiger partial charge < -0.3 is 10.1 Å². The molecule has 0 aliphatic rings. The van der Waals surface area contributed by atoms with Crippen molar-refractivity contribution in [1.82, 2.24) is 0 Å². The van der Waals surface area contributed by atoms with Gasteiger partial charge in [-0.3, -0.25) is 9.59 Å². The van der Waals surface area contributed by atoms with E-state index in [1.807, 2.05) is 44.2 Å². The molecule has 4 nitrogen and oxygen atoms in total. The minimum absolute atomic E-state index is 0.0926. The van der Waals surface area contributed by atoms with Gasteiger partial charge in [-0.25, -0.2) is 4.39 Å². The molecule has 0 bridgehead atoms. The van der Waals surface area contributed by atoms with Crippen molar-refractivity contribution in [2.24, 2.45) is 5.92 Å². The molecule has 0 fully saturated rings. The van der Waals surface area contributed by atoms with E-state index in [0.717, 1.165) is 12.0 Å². The van der Waals surface area contributed by atoms with Crippen molar-refractivity contribution in [2.75, 3.05) is 11.9 Å². The highest BCUT2D eigenvalue weighted by Gasteiger charge is 2.27. The summed E-state index contributed by atoms with van der Waals surface area (Å²) in [6.07, 6.45) is 0.816. The molecule has 1 N–H and O–H groups in total. The number of halogens is 1. The first kappa shape index (κ1) is 18.6. The molecule has 132 valence electrons. The number of amides is 1. The van der Waals surface area contributed by atoms with Gasteiger partial charge in [0.05, 0.1) is 5.92 Å². The fraction of sp³-hybridized carbons (Fsp3) is 0.300. The Labute approximate surface area is 147 Å². The smallest absolute Gasteiger partial charge is 0.314 e. The van der Waals surface area contributed by atoms with Crippen molar-refractivity contribution in [2.45, 2.75) is 26.2 Å². The Balaban J connectivity index is 1.96. The molecule has 0 unspecified atom stereocenters. The zero-order valence-electron chi connectivity index (χ0n) is 14.4.